The SMILES string of the molecule is CN(CC(C)(C)CO)C(=O)CCCn1cnnn1. The van der Waals surface area contributed by atoms with E-state index in [4.69, 9.17) is 5.11 Å². The molecule has 0 fully saturated rings. The van der Waals surface area contributed by atoms with Gasteiger partial charge in [0.15, 0.2) is 0 Å². The second kappa shape index (κ2) is 6.44. The van der Waals surface area contributed by atoms with E-state index in [0.29, 0.717) is 25.9 Å². The summed E-state index contributed by atoms with van der Waals surface area (Å²) in [4.78, 5) is 13.5. The summed E-state index contributed by atoms with van der Waals surface area (Å²) in [5.74, 6) is 0.0737. The summed E-state index contributed by atoms with van der Waals surface area (Å²) in [6, 6.07) is 0. The third kappa shape index (κ3) is 4.79. The molecule has 0 bridgehead atoms. The minimum Gasteiger partial charge on any atom is -0.396 e. The van der Waals surface area contributed by atoms with E-state index in [-0.39, 0.29) is 17.9 Å². The quantitative estimate of drug-likeness (QED) is 0.737. The highest BCUT2D eigenvalue weighted by molar-refractivity contribution is 5.75. The average molecular weight is 255 g/mol. The van der Waals surface area contributed by atoms with E-state index in [1.165, 1.54) is 6.33 Å². The molecule has 1 amide bonds. The molecule has 0 atom stereocenters. The van der Waals surface area contributed by atoms with Gasteiger partial charge < -0.3 is 10.0 Å². The van der Waals surface area contributed by atoms with Crippen molar-refractivity contribution in [3.8, 4) is 0 Å². The number of aryl methyl sites for hydroxylation is 1. The molecule has 0 saturated carbocycles. The minimum atomic E-state index is -0.264. The molecule has 1 N–H and O–H groups in total. The van der Waals surface area contributed by atoms with Gasteiger partial charge in [0.05, 0.1) is 0 Å². The molecule has 0 unspecified atom stereocenters. The van der Waals surface area contributed by atoms with Gasteiger partial charge in [-0.1, -0.05) is 13.8 Å². The Morgan fingerprint density at radius 2 is 2.22 bits per heavy atom. The summed E-state index contributed by atoms with van der Waals surface area (Å²) in [5, 5.41) is 19.9. The van der Waals surface area contributed by atoms with Gasteiger partial charge in [-0.2, -0.15) is 0 Å². The monoisotopic (exact) mass is 255 g/mol. The molecule has 1 heterocycles. The first kappa shape index (κ1) is 14.6. The predicted octanol–water partition coefficient (Wildman–Crippen LogP) is -0.0698. The number of carbonyl (C=O) groups excluding carboxylic acids is 1. The van der Waals surface area contributed by atoms with Crippen LogP contribution in [-0.4, -0.2) is 56.3 Å². The van der Waals surface area contributed by atoms with Gasteiger partial charge >= 0.3 is 0 Å². The van der Waals surface area contributed by atoms with Crippen molar-refractivity contribution in [3.05, 3.63) is 6.33 Å². The second-order valence-corrected chi connectivity index (χ2v) is 5.25. The van der Waals surface area contributed by atoms with Gasteiger partial charge in [0, 0.05) is 38.6 Å². The van der Waals surface area contributed by atoms with Gasteiger partial charge in [-0.15, -0.1) is 5.10 Å². The largest absolute Gasteiger partial charge is 0.396 e. The van der Waals surface area contributed by atoms with Crippen molar-refractivity contribution in [3.63, 3.8) is 0 Å². The number of hydrogen-bond donors (Lipinski definition) is 1. The van der Waals surface area contributed by atoms with Crippen LogP contribution in [0.3, 0.4) is 0 Å². The maximum Gasteiger partial charge on any atom is 0.222 e. The van der Waals surface area contributed by atoms with Crippen molar-refractivity contribution in [1.29, 1.82) is 0 Å². The van der Waals surface area contributed by atoms with Crippen LogP contribution in [0, 0.1) is 5.41 Å². The summed E-state index contributed by atoms with van der Waals surface area (Å²) in [6.45, 7) is 5.11. The van der Waals surface area contributed by atoms with E-state index in [2.05, 4.69) is 15.5 Å². The molecule has 0 saturated heterocycles. The van der Waals surface area contributed by atoms with Crippen molar-refractivity contribution in [2.75, 3.05) is 20.2 Å². The average Bonchev–Trinajstić information content (AvgIpc) is 2.81. The number of aromatic nitrogens is 4. The Bertz CT molecular complexity index is 364. The Hall–Kier alpha value is -1.50. The fraction of sp³-hybridized carbons (Fsp3) is 0.818. The van der Waals surface area contributed by atoms with E-state index < -0.39 is 0 Å². The van der Waals surface area contributed by atoms with Gasteiger partial charge in [-0.25, -0.2) is 4.68 Å². The third-order valence-corrected chi connectivity index (χ3v) is 2.69. The van der Waals surface area contributed by atoms with E-state index in [0.717, 1.165) is 0 Å². The number of nitrogens with zero attached hydrogens (tertiary/aromatic N) is 5. The Morgan fingerprint density at radius 1 is 1.50 bits per heavy atom. The van der Waals surface area contributed by atoms with Crippen molar-refractivity contribution in [2.45, 2.75) is 33.2 Å². The first-order chi connectivity index (χ1) is 8.44. The molecule has 0 aliphatic rings. The Kier molecular flexibility index (Phi) is 5.21. The molecular weight excluding hydrogens is 234 g/mol. The lowest BCUT2D eigenvalue weighted by molar-refractivity contribution is -0.131. The fourth-order valence-corrected chi connectivity index (χ4v) is 1.65. The summed E-state index contributed by atoms with van der Waals surface area (Å²) >= 11 is 0. The highest BCUT2D eigenvalue weighted by atomic mass is 16.3. The number of rotatable bonds is 7. The maximum atomic E-state index is 11.8. The van der Waals surface area contributed by atoms with Gasteiger partial charge in [0.25, 0.3) is 0 Å². The maximum absolute atomic E-state index is 11.8. The molecule has 0 aliphatic heterocycles. The molecule has 1 rings (SSSR count). The lowest BCUT2D eigenvalue weighted by atomic mass is 9.94. The van der Waals surface area contributed by atoms with Gasteiger partial charge in [-0.05, 0) is 16.8 Å². The van der Waals surface area contributed by atoms with E-state index in [9.17, 15) is 4.79 Å². The summed E-state index contributed by atoms with van der Waals surface area (Å²) in [6.07, 6.45) is 2.69. The van der Waals surface area contributed by atoms with Crippen LogP contribution in [0.4, 0.5) is 0 Å². The second-order valence-electron chi connectivity index (χ2n) is 5.25. The molecule has 0 aromatic carbocycles. The van der Waals surface area contributed by atoms with Gasteiger partial charge in [0.1, 0.15) is 6.33 Å². The van der Waals surface area contributed by atoms with Gasteiger partial charge in [0.2, 0.25) is 5.91 Å². The number of carbonyl (C=O) groups is 1. The number of tetrazole rings is 1. The normalized spacial score (nSPS) is 11.6. The van der Waals surface area contributed by atoms with E-state index >= 15 is 0 Å². The Balaban J connectivity index is 2.27. The van der Waals surface area contributed by atoms with Crippen LogP contribution < -0.4 is 0 Å². The Labute approximate surface area is 107 Å². The van der Waals surface area contributed by atoms with Crippen LogP contribution in [-0.2, 0) is 11.3 Å². The van der Waals surface area contributed by atoms with Crippen LogP contribution in [0.5, 0.6) is 0 Å². The zero-order chi connectivity index (χ0) is 13.6. The predicted molar refractivity (Wildman–Crippen MR) is 65.6 cm³/mol. The molecule has 102 valence electrons. The molecule has 1 aromatic rings. The fourth-order valence-electron chi connectivity index (χ4n) is 1.65. The first-order valence-corrected chi connectivity index (χ1v) is 6.00. The zero-order valence-corrected chi connectivity index (χ0v) is 11.2. The number of amides is 1. The number of hydrogen-bond acceptors (Lipinski definition) is 5. The van der Waals surface area contributed by atoms with Crippen LogP contribution in [0.25, 0.3) is 0 Å². The summed E-state index contributed by atoms with van der Waals surface area (Å²) < 4.78 is 1.60. The van der Waals surface area contributed by atoms with Crippen molar-refractivity contribution in [1.82, 2.24) is 25.1 Å². The van der Waals surface area contributed by atoms with Crippen LogP contribution in [0.1, 0.15) is 26.7 Å². The summed E-state index contributed by atoms with van der Waals surface area (Å²) in [5.41, 5.74) is -0.264. The molecule has 1 aromatic heterocycles. The van der Waals surface area contributed by atoms with E-state index in [1.807, 2.05) is 13.8 Å². The Morgan fingerprint density at radius 3 is 2.78 bits per heavy atom. The van der Waals surface area contributed by atoms with Gasteiger partial charge in [-0.3, -0.25) is 4.79 Å². The molecule has 0 spiro atoms. The molecule has 0 aliphatic carbocycles. The lowest BCUT2D eigenvalue weighted by Crippen LogP contribution is -2.37. The van der Waals surface area contributed by atoms with E-state index in [1.54, 1.807) is 16.6 Å². The van der Waals surface area contributed by atoms with Crippen molar-refractivity contribution in [2.24, 2.45) is 5.41 Å². The highest BCUT2D eigenvalue weighted by Gasteiger charge is 2.21. The van der Waals surface area contributed by atoms with Crippen LogP contribution >= 0.6 is 0 Å². The molecule has 0 radical (unpaired) electrons. The molecular formula is C11H21N5O2. The standard InChI is InChI=1S/C11H21N5O2/c1-11(2,8-17)7-15(3)10(18)5-4-6-16-9-12-13-14-16/h9,17H,4-8H2,1-3H3. The third-order valence-electron chi connectivity index (χ3n) is 2.69. The summed E-state index contributed by atoms with van der Waals surface area (Å²) in [7, 11) is 1.76. The number of aliphatic hydroxyl groups is 1. The topological polar surface area (TPSA) is 84.1 Å². The minimum absolute atomic E-state index is 0.0647. The molecule has 7 heteroatoms. The first-order valence-electron chi connectivity index (χ1n) is 6.00. The molecule has 18 heavy (non-hydrogen) atoms. The lowest BCUT2D eigenvalue weighted by Gasteiger charge is -2.28. The highest BCUT2D eigenvalue weighted by Crippen LogP contribution is 2.15. The van der Waals surface area contributed by atoms with Crippen molar-refractivity contribution >= 4 is 5.91 Å². The molecule has 7 nitrogen and oxygen atoms in total. The smallest absolute Gasteiger partial charge is 0.222 e. The van der Waals surface area contributed by atoms with Crippen LogP contribution in [0.15, 0.2) is 6.33 Å². The van der Waals surface area contributed by atoms with Crippen LogP contribution in [0.2, 0.25) is 0 Å². The zero-order valence-electron chi connectivity index (χ0n) is 11.2. The van der Waals surface area contributed by atoms with Crippen molar-refractivity contribution < 1.29 is 9.90 Å². The number of aliphatic hydroxyl groups excluding tert-OH is 1.